The van der Waals surface area contributed by atoms with E-state index in [1.54, 1.807) is 13.0 Å². The van der Waals surface area contributed by atoms with Gasteiger partial charge in [-0.15, -0.1) is 0 Å². The molecule has 0 radical (unpaired) electrons. The molecule has 0 spiro atoms. The van der Waals surface area contributed by atoms with Gasteiger partial charge >= 0.3 is 5.97 Å². The molecular formula is C18H24O2. The Bertz CT molecular complexity index is 486. The first kappa shape index (κ1) is 16.2. The average molecular weight is 272 g/mol. The molecule has 20 heavy (non-hydrogen) atoms. The van der Waals surface area contributed by atoms with Crippen molar-refractivity contribution in [2.24, 2.45) is 5.41 Å². The van der Waals surface area contributed by atoms with Gasteiger partial charge in [0.05, 0.1) is 0 Å². The molecule has 0 aromatic carbocycles. The number of hydrogen-bond donors (Lipinski definition) is 1. The van der Waals surface area contributed by atoms with Crippen LogP contribution in [0.5, 0.6) is 0 Å². The Morgan fingerprint density at radius 1 is 1.25 bits per heavy atom. The summed E-state index contributed by atoms with van der Waals surface area (Å²) in [6, 6.07) is 0. The van der Waals surface area contributed by atoms with E-state index in [1.807, 2.05) is 24.3 Å². The van der Waals surface area contributed by atoms with Gasteiger partial charge in [-0.25, -0.2) is 4.79 Å². The van der Waals surface area contributed by atoms with E-state index in [2.05, 4.69) is 26.0 Å². The third-order valence-electron chi connectivity index (χ3n) is 3.47. The van der Waals surface area contributed by atoms with Gasteiger partial charge in [-0.3, -0.25) is 0 Å². The summed E-state index contributed by atoms with van der Waals surface area (Å²) in [5.74, 6) is -0.914. The predicted molar refractivity (Wildman–Crippen MR) is 84.5 cm³/mol. The number of aliphatic carboxylic acids is 1. The molecule has 2 heteroatoms. The van der Waals surface area contributed by atoms with Crippen molar-refractivity contribution in [3.8, 4) is 0 Å². The molecule has 1 rings (SSSR count). The first-order valence-electron chi connectivity index (χ1n) is 7.05. The van der Waals surface area contributed by atoms with Gasteiger partial charge in [0.25, 0.3) is 0 Å². The molecule has 0 saturated carbocycles. The van der Waals surface area contributed by atoms with Crippen molar-refractivity contribution in [1.29, 1.82) is 0 Å². The molecule has 0 atom stereocenters. The van der Waals surface area contributed by atoms with Crippen molar-refractivity contribution in [1.82, 2.24) is 0 Å². The molecule has 2 nitrogen and oxygen atoms in total. The van der Waals surface area contributed by atoms with Crippen molar-refractivity contribution in [2.75, 3.05) is 0 Å². The Morgan fingerprint density at radius 3 is 2.60 bits per heavy atom. The summed E-state index contributed by atoms with van der Waals surface area (Å²) in [7, 11) is 0. The summed E-state index contributed by atoms with van der Waals surface area (Å²) in [5, 5.41) is 8.57. The van der Waals surface area contributed by atoms with Crippen molar-refractivity contribution in [3.63, 3.8) is 0 Å². The van der Waals surface area contributed by atoms with Gasteiger partial charge in [-0.2, -0.15) is 0 Å². The van der Waals surface area contributed by atoms with Crippen LogP contribution >= 0.6 is 0 Å². The predicted octanol–water partition coefficient (Wildman–Crippen LogP) is 4.82. The molecule has 0 amide bonds. The molecule has 1 aliphatic carbocycles. The van der Waals surface area contributed by atoms with Crippen LogP contribution in [0.15, 0.2) is 59.8 Å². The fraction of sp³-hybridized carbons (Fsp3) is 0.389. The summed E-state index contributed by atoms with van der Waals surface area (Å²) in [6.07, 6.45) is 18.9. The van der Waals surface area contributed by atoms with Crippen molar-refractivity contribution in [2.45, 2.75) is 40.0 Å². The highest BCUT2D eigenvalue weighted by atomic mass is 16.4. The molecule has 108 valence electrons. The number of carbonyl (C=O) groups is 1. The zero-order chi connectivity index (χ0) is 15.0. The van der Waals surface area contributed by atoms with Crippen LogP contribution in [0.25, 0.3) is 0 Å². The Balaban J connectivity index is 2.53. The number of rotatable bonds is 5. The molecule has 0 bridgehead atoms. The Morgan fingerprint density at radius 2 is 1.95 bits per heavy atom. The fourth-order valence-corrected chi connectivity index (χ4v) is 2.25. The fourth-order valence-electron chi connectivity index (χ4n) is 2.25. The maximum atomic E-state index is 10.4. The van der Waals surface area contributed by atoms with Crippen LogP contribution in [-0.4, -0.2) is 11.1 Å². The first-order chi connectivity index (χ1) is 9.42. The van der Waals surface area contributed by atoms with Crippen molar-refractivity contribution < 1.29 is 9.90 Å². The van der Waals surface area contributed by atoms with E-state index in [0.29, 0.717) is 0 Å². The second-order valence-electron chi connectivity index (χ2n) is 5.77. The van der Waals surface area contributed by atoms with Crippen LogP contribution < -0.4 is 0 Å². The highest BCUT2D eigenvalue weighted by molar-refractivity contribution is 5.81. The zero-order valence-electron chi connectivity index (χ0n) is 12.6. The second kappa shape index (κ2) is 7.68. The van der Waals surface area contributed by atoms with Gasteiger partial charge in [0.2, 0.25) is 0 Å². The molecule has 0 heterocycles. The second-order valence-corrected chi connectivity index (χ2v) is 5.77. The van der Waals surface area contributed by atoms with Crippen LogP contribution in [0.4, 0.5) is 0 Å². The number of carboxylic acids is 1. The largest absolute Gasteiger partial charge is 0.478 e. The summed E-state index contributed by atoms with van der Waals surface area (Å²) >= 11 is 0. The van der Waals surface area contributed by atoms with Crippen LogP contribution in [0.3, 0.4) is 0 Å². The van der Waals surface area contributed by atoms with Crippen molar-refractivity contribution in [3.05, 3.63) is 59.8 Å². The molecule has 1 N–H and O–H groups in total. The molecule has 0 saturated heterocycles. The molecule has 0 aromatic rings. The molecule has 1 aliphatic rings. The van der Waals surface area contributed by atoms with E-state index in [4.69, 9.17) is 5.11 Å². The lowest BCUT2D eigenvalue weighted by molar-refractivity contribution is -0.131. The summed E-state index contributed by atoms with van der Waals surface area (Å²) in [6.45, 7) is 6.33. The lowest BCUT2D eigenvalue weighted by Crippen LogP contribution is -2.16. The molecule has 0 unspecified atom stereocenters. The summed E-state index contributed by atoms with van der Waals surface area (Å²) in [5.41, 5.74) is 2.40. The van der Waals surface area contributed by atoms with Gasteiger partial charge < -0.3 is 5.11 Å². The van der Waals surface area contributed by atoms with Crippen molar-refractivity contribution >= 4 is 5.97 Å². The highest BCUT2D eigenvalue weighted by Crippen LogP contribution is 2.37. The van der Waals surface area contributed by atoms with E-state index >= 15 is 0 Å². The van der Waals surface area contributed by atoms with Gasteiger partial charge in [-0.05, 0) is 42.7 Å². The molecule has 0 fully saturated rings. The minimum atomic E-state index is -0.914. The topological polar surface area (TPSA) is 37.3 Å². The average Bonchev–Trinajstić information content (AvgIpc) is 2.34. The number of hydrogen-bond acceptors (Lipinski definition) is 1. The Kier molecular flexibility index (Phi) is 6.23. The molecule has 0 aromatic heterocycles. The maximum absolute atomic E-state index is 10.4. The first-order valence-corrected chi connectivity index (χ1v) is 7.05. The summed E-state index contributed by atoms with van der Waals surface area (Å²) < 4.78 is 0. The lowest BCUT2D eigenvalue weighted by Gasteiger charge is -2.29. The van der Waals surface area contributed by atoms with Gasteiger partial charge in [-0.1, -0.05) is 56.4 Å². The highest BCUT2D eigenvalue weighted by Gasteiger charge is 2.23. The number of carboxylic acid groups (broad SMARTS) is 1. The minimum absolute atomic E-state index is 0.277. The standard InChI is InChI=1S/C18H24O2/c1-15(14-17(19)20)10-6-4-5-7-11-16-12-8-9-13-18(16,2)3/h4-7,10-12,14H,8-9,13H2,1-3H3,(H,19,20)/b5-4+,10-6+,11-7+,15-14-. The van der Waals surface area contributed by atoms with E-state index < -0.39 is 5.97 Å². The lowest BCUT2D eigenvalue weighted by atomic mass is 9.75. The quantitative estimate of drug-likeness (QED) is 0.575. The van der Waals surface area contributed by atoms with E-state index in [9.17, 15) is 4.79 Å². The van der Waals surface area contributed by atoms with E-state index in [0.717, 1.165) is 5.57 Å². The molecule has 0 aliphatic heterocycles. The molecular weight excluding hydrogens is 248 g/mol. The smallest absolute Gasteiger partial charge is 0.328 e. The SMILES string of the molecule is CC(=C/C(=O)O)/C=C/C=C/C=C/C1=CCCCC1(C)C. The third-order valence-corrected chi connectivity index (χ3v) is 3.47. The van der Waals surface area contributed by atoms with E-state index in [-0.39, 0.29) is 5.41 Å². The minimum Gasteiger partial charge on any atom is -0.478 e. The van der Waals surface area contributed by atoms with Crippen LogP contribution in [-0.2, 0) is 4.79 Å². The Hall–Kier alpha value is -1.83. The van der Waals surface area contributed by atoms with E-state index in [1.165, 1.54) is 30.9 Å². The zero-order valence-corrected chi connectivity index (χ0v) is 12.6. The normalized spacial score (nSPS) is 19.9. The van der Waals surface area contributed by atoms with Crippen LogP contribution in [0.1, 0.15) is 40.0 Å². The van der Waals surface area contributed by atoms with Crippen LogP contribution in [0.2, 0.25) is 0 Å². The van der Waals surface area contributed by atoms with Gasteiger partial charge in [0.15, 0.2) is 0 Å². The third kappa shape index (κ3) is 5.87. The Labute approximate surface area is 121 Å². The summed E-state index contributed by atoms with van der Waals surface area (Å²) in [4.78, 5) is 10.4. The maximum Gasteiger partial charge on any atom is 0.328 e. The van der Waals surface area contributed by atoms with Crippen LogP contribution in [0, 0.1) is 5.41 Å². The van der Waals surface area contributed by atoms with Gasteiger partial charge in [0, 0.05) is 6.08 Å². The number of allylic oxidation sites excluding steroid dienone is 9. The monoisotopic (exact) mass is 272 g/mol. The van der Waals surface area contributed by atoms with Gasteiger partial charge in [0.1, 0.15) is 0 Å².